The summed E-state index contributed by atoms with van der Waals surface area (Å²) in [6, 6.07) is 8.16. The fourth-order valence-electron chi connectivity index (χ4n) is 1.79. The highest BCUT2D eigenvalue weighted by Crippen LogP contribution is 2.39. The van der Waals surface area contributed by atoms with Gasteiger partial charge in [0.1, 0.15) is 5.60 Å². The number of rotatable bonds is 2. The van der Waals surface area contributed by atoms with Crippen molar-refractivity contribution in [1.82, 2.24) is 0 Å². The summed E-state index contributed by atoms with van der Waals surface area (Å²) >= 11 is 3.53. The van der Waals surface area contributed by atoms with Crippen LogP contribution in [0.15, 0.2) is 29.3 Å². The first-order valence-electron chi connectivity index (χ1n) is 5.50. The molecule has 0 aromatic heterocycles. The van der Waals surface area contributed by atoms with Crippen LogP contribution in [0.5, 0.6) is 0 Å². The van der Waals surface area contributed by atoms with E-state index in [2.05, 4.69) is 47.8 Å². The van der Waals surface area contributed by atoms with Crippen molar-refractivity contribution in [2.24, 2.45) is 10.9 Å². The summed E-state index contributed by atoms with van der Waals surface area (Å²) < 4.78 is 6.01. The van der Waals surface area contributed by atoms with Crippen LogP contribution < -0.4 is 0 Å². The molecule has 2 rings (SSSR count). The first kappa shape index (κ1) is 11.6. The van der Waals surface area contributed by atoms with Gasteiger partial charge < -0.3 is 4.74 Å². The molecule has 0 amide bonds. The van der Waals surface area contributed by atoms with Crippen LogP contribution in [-0.4, -0.2) is 11.2 Å². The highest BCUT2D eigenvalue weighted by atomic mass is 79.9. The Balaban J connectivity index is 2.54. The molecule has 2 nitrogen and oxygen atoms in total. The van der Waals surface area contributed by atoms with Gasteiger partial charge in [-0.05, 0) is 13.0 Å². The Hall–Kier alpha value is -0.830. The van der Waals surface area contributed by atoms with Gasteiger partial charge in [-0.1, -0.05) is 48.0 Å². The van der Waals surface area contributed by atoms with Crippen molar-refractivity contribution in [3.05, 3.63) is 29.8 Å². The summed E-state index contributed by atoms with van der Waals surface area (Å²) in [6.45, 7) is 6.29. The lowest BCUT2D eigenvalue weighted by atomic mass is 9.94. The van der Waals surface area contributed by atoms with Crippen LogP contribution in [0.4, 0.5) is 5.69 Å². The lowest BCUT2D eigenvalue weighted by Gasteiger charge is -2.35. The standard InChI is InChI=1S/C13H16BrNO/c1-9(2)12-15-11-7-5-4-6-10(11)13(3,8-14)16-12/h4-7,9H,8H2,1-3H3. The molecule has 0 saturated carbocycles. The molecule has 1 aromatic rings. The van der Waals surface area contributed by atoms with Crippen molar-refractivity contribution in [2.75, 3.05) is 5.33 Å². The van der Waals surface area contributed by atoms with Crippen molar-refractivity contribution >= 4 is 27.5 Å². The number of para-hydroxylation sites is 1. The van der Waals surface area contributed by atoms with Gasteiger partial charge in [-0.3, -0.25) is 0 Å². The highest BCUT2D eigenvalue weighted by molar-refractivity contribution is 9.09. The zero-order valence-corrected chi connectivity index (χ0v) is 11.4. The second-order valence-corrected chi connectivity index (χ2v) is 5.15. The average Bonchev–Trinajstić information content (AvgIpc) is 2.29. The number of fused-ring (bicyclic) bond motifs is 1. The van der Waals surface area contributed by atoms with Crippen molar-refractivity contribution in [3.63, 3.8) is 0 Å². The molecule has 3 heteroatoms. The summed E-state index contributed by atoms with van der Waals surface area (Å²) in [5.74, 6) is 1.13. The Labute approximate surface area is 105 Å². The smallest absolute Gasteiger partial charge is 0.192 e. The normalized spacial score (nSPS) is 23.7. The third-order valence-corrected chi connectivity index (χ3v) is 3.85. The summed E-state index contributed by atoms with van der Waals surface area (Å²) in [6.07, 6.45) is 0. The van der Waals surface area contributed by atoms with E-state index in [1.54, 1.807) is 0 Å². The Bertz CT molecular complexity index is 428. The predicted octanol–water partition coefficient (Wildman–Crippen LogP) is 4.01. The number of halogens is 1. The van der Waals surface area contributed by atoms with Gasteiger partial charge in [0.15, 0.2) is 5.90 Å². The lowest BCUT2D eigenvalue weighted by molar-refractivity contribution is 0.0878. The van der Waals surface area contributed by atoms with Gasteiger partial charge in [0, 0.05) is 16.8 Å². The van der Waals surface area contributed by atoms with Crippen LogP contribution in [0.25, 0.3) is 0 Å². The third kappa shape index (κ3) is 1.88. The Morgan fingerprint density at radius 3 is 2.69 bits per heavy atom. The molecule has 16 heavy (non-hydrogen) atoms. The number of hydrogen-bond donors (Lipinski definition) is 0. The van der Waals surface area contributed by atoms with Crippen molar-refractivity contribution in [2.45, 2.75) is 26.4 Å². The monoisotopic (exact) mass is 281 g/mol. The van der Waals surface area contributed by atoms with Gasteiger partial charge >= 0.3 is 0 Å². The number of nitrogens with zero attached hydrogens (tertiary/aromatic N) is 1. The van der Waals surface area contributed by atoms with E-state index >= 15 is 0 Å². The zero-order valence-electron chi connectivity index (χ0n) is 9.83. The largest absolute Gasteiger partial charge is 0.468 e. The molecule has 1 unspecified atom stereocenters. The fraction of sp³-hybridized carbons (Fsp3) is 0.462. The molecular formula is C13H16BrNO. The number of aliphatic imine (C=N–C) groups is 1. The Morgan fingerprint density at radius 2 is 2.06 bits per heavy atom. The Morgan fingerprint density at radius 1 is 1.38 bits per heavy atom. The predicted molar refractivity (Wildman–Crippen MR) is 70.6 cm³/mol. The van der Waals surface area contributed by atoms with E-state index in [-0.39, 0.29) is 5.60 Å². The first-order chi connectivity index (χ1) is 7.57. The maximum atomic E-state index is 6.01. The maximum Gasteiger partial charge on any atom is 0.192 e. The van der Waals surface area contributed by atoms with Gasteiger partial charge in [-0.15, -0.1) is 0 Å². The Kier molecular flexibility index (Phi) is 3.06. The van der Waals surface area contributed by atoms with E-state index in [4.69, 9.17) is 4.74 Å². The second-order valence-electron chi connectivity index (χ2n) is 4.59. The quantitative estimate of drug-likeness (QED) is 0.751. The topological polar surface area (TPSA) is 21.6 Å². The molecule has 0 N–H and O–H groups in total. The van der Waals surface area contributed by atoms with Gasteiger partial charge in [-0.2, -0.15) is 0 Å². The summed E-state index contributed by atoms with van der Waals surface area (Å²) in [7, 11) is 0. The SMILES string of the molecule is CC(C)C1=Nc2ccccc2C(C)(CBr)O1. The van der Waals surface area contributed by atoms with Crippen LogP contribution in [-0.2, 0) is 10.3 Å². The maximum absolute atomic E-state index is 6.01. The molecular weight excluding hydrogens is 266 g/mol. The average molecular weight is 282 g/mol. The molecule has 86 valence electrons. The third-order valence-electron chi connectivity index (χ3n) is 2.78. The van der Waals surface area contributed by atoms with Crippen LogP contribution in [0.2, 0.25) is 0 Å². The fourth-order valence-corrected chi connectivity index (χ4v) is 2.21. The molecule has 1 aliphatic heterocycles. The van der Waals surface area contributed by atoms with Crippen molar-refractivity contribution in [1.29, 1.82) is 0 Å². The van der Waals surface area contributed by atoms with Gasteiger partial charge in [0.25, 0.3) is 0 Å². The molecule has 1 aliphatic rings. The molecule has 1 atom stereocenters. The van der Waals surface area contributed by atoms with E-state index in [1.807, 2.05) is 18.2 Å². The number of hydrogen-bond acceptors (Lipinski definition) is 2. The lowest BCUT2D eigenvalue weighted by Crippen LogP contribution is -2.35. The molecule has 0 fully saturated rings. The van der Waals surface area contributed by atoms with Crippen molar-refractivity contribution < 1.29 is 4.74 Å². The van der Waals surface area contributed by atoms with Crippen LogP contribution in [0, 0.1) is 5.92 Å². The number of alkyl halides is 1. The molecule has 0 bridgehead atoms. The van der Waals surface area contributed by atoms with Gasteiger partial charge in [0.05, 0.1) is 5.69 Å². The van der Waals surface area contributed by atoms with E-state index in [9.17, 15) is 0 Å². The van der Waals surface area contributed by atoms with E-state index in [0.717, 1.165) is 22.5 Å². The minimum atomic E-state index is -0.308. The molecule has 1 aromatic carbocycles. The number of benzene rings is 1. The summed E-state index contributed by atoms with van der Waals surface area (Å²) in [4.78, 5) is 4.56. The molecule has 0 radical (unpaired) electrons. The van der Waals surface area contributed by atoms with Crippen LogP contribution >= 0.6 is 15.9 Å². The van der Waals surface area contributed by atoms with Gasteiger partial charge in [0.2, 0.25) is 0 Å². The first-order valence-corrected chi connectivity index (χ1v) is 6.62. The molecule has 0 saturated heterocycles. The second kappa shape index (κ2) is 4.21. The summed E-state index contributed by atoms with van der Waals surface area (Å²) in [5.41, 5.74) is 1.87. The summed E-state index contributed by atoms with van der Waals surface area (Å²) in [5, 5.41) is 0.767. The molecule has 1 heterocycles. The molecule has 0 spiro atoms. The minimum absolute atomic E-state index is 0.308. The van der Waals surface area contributed by atoms with Crippen LogP contribution in [0.1, 0.15) is 26.3 Å². The highest BCUT2D eigenvalue weighted by Gasteiger charge is 2.35. The van der Waals surface area contributed by atoms with E-state index < -0.39 is 0 Å². The molecule has 0 aliphatic carbocycles. The van der Waals surface area contributed by atoms with Crippen molar-refractivity contribution in [3.8, 4) is 0 Å². The zero-order chi connectivity index (χ0) is 11.8. The van der Waals surface area contributed by atoms with E-state index in [0.29, 0.717) is 5.92 Å². The van der Waals surface area contributed by atoms with E-state index in [1.165, 1.54) is 0 Å². The van der Waals surface area contributed by atoms with Gasteiger partial charge in [-0.25, -0.2) is 4.99 Å². The minimum Gasteiger partial charge on any atom is -0.468 e. The van der Waals surface area contributed by atoms with Crippen LogP contribution in [0.3, 0.4) is 0 Å². The number of ether oxygens (including phenoxy) is 1.